The number of carbonyl (C=O) groups excluding carboxylic acids is 1. The lowest BCUT2D eigenvalue weighted by molar-refractivity contribution is -0.384. The van der Waals surface area contributed by atoms with E-state index in [0.29, 0.717) is 48.6 Å². The van der Waals surface area contributed by atoms with Gasteiger partial charge >= 0.3 is 0 Å². The number of aryl methyl sites for hydroxylation is 1. The van der Waals surface area contributed by atoms with Gasteiger partial charge in [-0.1, -0.05) is 24.3 Å². The monoisotopic (exact) mass is 992 g/mol. The van der Waals surface area contributed by atoms with Crippen LogP contribution >= 0.6 is 0 Å². The summed E-state index contributed by atoms with van der Waals surface area (Å²) < 4.78 is 76.5. The second-order valence-electron chi connectivity index (χ2n) is 20.3. The van der Waals surface area contributed by atoms with E-state index in [0.717, 1.165) is 75.1 Å². The summed E-state index contributed by atoms with van der Waals surface area (Å²) in [6, 6.07) is 19.4. The minimum absolute atomic E-state index is 0.0616. The fourth-order valence-corrected chi connectivity index (χ4v) is 13.3. The molecule has 20 heteroatoms. The van der Waals surface area contributed by atoms with Crippen molar-refractivity contribution in [3.05, 3.63) is 99.7 Å². The highest BCUT2D eigenvalue weighted by Gasteiger charge is 2.50. The van der Waals surface area contributed by atoms with Gasteiger partial charge in [0.05, 0.1) is 59.0 Å². The van der Waals surface area contributed by atoms with Crippen LogP contribution in [0.2, 0.25) is 0 Å². The van der Waals surface area contributed by atoms with E-state index in [-0.39, 0.29) is 73.8 Å². The molecule has 1 saturated carbocycles. The lowest BCUT2D eigenvalue weighted by atomic mass is 9.59. The first-order valence-electron chi connectivity index (χ1n) is 24.7. The number of hydrogen-bond donors (Lipinski definition) is 3. The number of piperidine rings is 1. The number of nitro groups is 1. The molecular weight excluding hydrogens is 936 g/mol. The molecular formula is C51H57FN8O10S. The molecule has 7 aliphatic rings. The minimum Gasteiger partial charge on any atom is -0.489 e. The summed E-state index contributed by atoms with van der Waals surface area (Å²) in [6.45, 7) is 7.03. The average molecular weight is 993 g/mol. The quantitative estimate of drug-likeness (QED) is 0.0996. The molecule has 71 heavy (non-hydrogen) atoms. The summed E-state index contributed by atoms with van der Waals surface area (Å²) in [5.41, 5.74) is 2.97. The zero-order valence-electron chi connectivity index (χ0n) is 39.4. The zero-order valence-corrected chi connectivity index (χ0v) is 40.3. The average Bonchev–Trinajstić information content (AvgIpc) is 3.83. The lowest BCUT2D eigenvalue weighted by Crippen LogP contribution is -2.58. The molecule has 0 unspecified atom stereocenters. The molecule has 0 bridgehead atoms. The van der Waals surface area contributed by atoms with Crippen LogP contribution in [0.4, 0.5) is 32.8 Å². The molecule has 5 aromatic rings. The van der Waals surface area contributed by atoms with Gasteiger partial charge in [-0.15, -0.1) is 0 Å². The minimum atomic E-state index is -4.77. The first-order chi connectivity index (χ1) is 34.4. The topological polar surface area (TPSA) is 203 Å². The Morgan fingerprint density at radius 2 is 1.72 bits per heavy atom. The third-order valence-corrected chi connectivity index (χ3v) is 17.6. The van der Waals surface area contributed by atoms with Crippen molar-refractivity contribution in [2.24, 2.45) is 5.41 Å². The van der Waals surface area contributed by atoms with Gasteiger partial charge in [-0.25, -0.2) is 17.5 Å². The van der Waals surface area contributed by atoms with Crippen molar-refractivity contribution in [1.82, 2.24) is 19.6 Å². The molecule has 4 saturated heterocycles. The number of nitrogens with one attached hydrogen (secondary N) is 3. The predicted molar refractivity (Wildman–Crippen MR) is 261 cm³/mol. The molecule has 2 aromatic heterocycles. The van der Waals surface area contributed by atoms with E-state index >= 15 is 4.39 Å². The van der Waals surface area contributed by atoms with Crippen molar-refractivity contribution in [3.8, 4) is 11.6 Å². The standard InChI is InChI=1S/C51H57FN8O10S/c1-31-4-2-3-5-36(31)42-28-68-21-17-58(42)34-26-50(27-34)10-15-57(16-11-50)33-6-7-37(39(23-33)59-38-9-18-67-29-44(38)70-49-41(59)22-32-8-14-53-47(32)55-49)48(61)56-71(64,65)35-24-40(60(62)63)46-43(25-35)69-30-45(54-46)51(52)12-19-66-20-13-51/h2-8,14,22-25,34,38,42,44-45,54H,9-13,15-21,26-30H2,1H3,(H,53,55)(H,56,61)/t38-,42-,44-,45-/m0/s1. The Hall–Kier alpha value is -6.06. The number of sulfonamides is 1. The first-order valence-corrected chi connectivity index (χ1v) is 26.2. The number of fused-ring (bicyclic) bond motifs is 4. The summed E-state index contributed by atoms with van der Waals surface area (Å²) in [7, 11) is -4.77. The number of hydrogen-bond acceptors (Lipinski definition) is 15. The van der Waals surface area contributed by atoms with Crippen molar-refractivity contribution in [2.45, 2.75) is 92.7 Å². The fourth-order valence-electron chi connectivity index (χ4n) is 12.3. The van der Waals surface area contributed by atoms with Crippen LogP contribution in [-0.4, -0.2) is 130 Å². The SMILES string of the molecule is Cc1ccccc1[C@@H]1COCCN1C1CC2(CCN(c3ccc(C(=O)NS(=O)(=O)c4cc5c(c([N+](=O)[O-])c4)N[C@H](C4(F)CCOCC4)CO5)c(N4c5cc6cc[nH]c6nc5O[C@H]5COCC[C@@H]54)c3)CC2)C1. The van der Waals surface area contributed by atoms with Crippen LogP contribution in [0.3, 0.4) is 0 Å². The van der Waals surface area contributed by atoms with Crippen LogP contribution < -0.4 is 29.3 Å². The summed E-state index contributed by atoms with van der Waals surface area (Å²) in [4.78, 5) is 41.0. The second kappa shape index (κ2) is 17.9. The van der Waals surface area contributed by atoms with E-state index in [1.165, 1.54) is 11.1 Å². The molecule has 1 spiro atoms. The molecule has 1 aliphatic carbocycles. The maximum atomic E-state index is 16.0. The molecule has 3 aromatic carbocycles. The fraction of sp³-hybridized carbons (Fsp3) is 0.490. The molecule has 3 N–H and O–H groups in total. The second-order valence-corrected chi connectivity index (χ2v) is 22.0. The smallest absolute Gasteiger partial charge is 0.297 e. The van der Waals surface area contributed by atoms with Crippen LogP contribution in [0, 0.1) is 22.5 Å². The first kappa shape index (κ1) is 46.0. The van der Waals surface area contributed by atoms with E-state index in [1.807, 2.05) is 29.2 Å². The summed E-state index contributed by atoms with van der Waals surface area (Å²) in [5, 5.41) is 16.3. The highest BCUT2D eigenvalue weighted by atomic mass is 32.2. The number of halogens is 1. The number of rotatable bonds is 9. The van der Waals surface area contributed by atoms with E-state index in [9.17, 15) is 23.3 Å². The Balaban J connectivity index is 0.845. The Labute approximate surface area is 410 Å². The predicted octanol–water partition coefficient (Wildman–Crippen LogP) is 7.10. The van der Waals surface area contributed by atoms with Gasteiger partial charge < -0.3 is 43.8 Å². The summed E-state index contributed by atoms with van der Waals surface area (Å²) >= 11 is 0. The number of amides is 1. The number of alkyl halides is 1. The maximum absolute atomic E-state index is 16.0. The van der Waals surface area contributed by atoms with E-state index < -0.39 is 49.3 Å². The molecule has 8 heterocycles. The van der Waals surface area contributed by atoms with Gasteiger partial charge in [0, 0.05) is 87.7 Å². The number of nitro benzene ring substituents is 1. The Morgan fingerprint density at radius 3 is 2.52 bits per heavy atom. The van der Waals surface area contributed by atoms with Gasteiger partial charge in [0.15, 0.2) is 11.4 Å². The summed E-state index contributed by atoms with van der Waals surface area (Å²) in [6.07, 6.45) is 6.29. The van der Waals surface area contributed by atoms with Crippen molar-refractivity contribution < 1.29 is 46.2 Å². The van der Waals surface area contributed by atoms with Crippen LogP contribution in [0.5, 0.6) is 11.6 Å². The van der Waals surface area contributed by atoms with Crippen LogP contribution in [-0.2, 0) is 24.2 Å². The molecule has 12 rings (SSSR count). The normalized spacial score (nSPS) is 25.2. The van der Waals surface area contributed by atoms with E-state index in [2.05, 4.69) is 56.0 Å². The highest BCUT2D eigenvalue weighted by molar-refractivity contribution is 7.90. The number of pyridine rings is 1. The van der Waals surface area contributed by atoms with Crippen molar-refractivity contribution in [2.75, 3.05) is 81.0 Å². The third-order valence-electron chi connectivity index (χ3n) is 16.3. The Morgan fingerprint density at radius 1 is 0.915 bits per heavy atom. The number of nitrogens with zero attached hydrogens (tertiary/aromatic N) is 5. The van der Waals surface area contributed by atoms with Gasteiger partial charge in [-0.05, 0) is 85.9 Å². The number of morpholine rings is 1. The van der Waals surface area contributed by atoms with Crippen LogP contribution in [0.1, 0.15) is 72.5 Å². The number of aromatic nitrogens is 2. The number of H-pyrrole nitrogens is 1. The van der Waals surface area contributed by atoms with E-state index in [4.69, 9.17) is 28.7 Å². The van der Waals surface area contributed by atoms with Crippen LogP contribution in [0.25, 0.3) is 11.0 Å². The number of benzene rings is 3. The number of carbonyl (C=O) groups is 1. The molecule has 6 aliphatic heterocycles. The molecule has 0 radical (unpaired) electrons. The molecule has 1 amide bonds. The highest BCUT2D eigenvalue weighted by Crippen LogP contribution is 2.54. The number of aromatic amines is 1. The van der Waals surface area contributed by atoms with Gasteiger partial charge in [-0.2, -0.15) is 4.98 Å². The van der Waals surface area contributed by atoms with Gasteiger partial charge in [0.1, 0.15) is 29.7 Å². The molecule has 374 valence electrons. The Kier molecular flexibility index (Phi) is 11.6. The van der Waals surface area contributed by atoms with Gasteiger partial charge in [0.2, 0.25) is 5.88 Å². The molecule has 4 atom stereocenters. The van der Waals surface area contributed by atoms with E-state index in [1.54, 1.807) is 12.3 Å². The largest absolute Gasteiger partial charge is 0.489 e. The van der Waals surface area contributed by atoms with Gasteiger partial charge in [-0.3, -0.25) is 19.8 Å². The third kappa shape index (κ3) is 8.30. The van der Waals surface area contributed by atoms with Crippen molar-refractivity contribution in [3.63, 3.8) is 0 Å². The Bertz CT molecular complexity index is 3010. The zero-order chi connectivity index (χ0) is 48.6. The van der Waals surface area contributed by atoms with Crippen LogP contribution in [0.15, 0.2) is 77.8 Å². The van der Waals surface area contributed by atoms with Crippen molar-refractivity contribution >= 4 is 55.4 Å². The maximum Gasteiger partial charge on any atom is 0.297 e. The molecule has 18 nitrogen and oxygen atoms in total. The number of ether oxygens (including phenoxy) is 5. The number of anilines is 4. The van der Waals surface area contributed by atoms with Gasteiger partial charge in [0.25, 0.3) is 21.6 Å². The molecule has 5 fully saturated rings. The lowest BCUT2D eigenvalue weighted by Gasteiger charge is -2.57. The van der Waals surface area contributed by atoms with Crippen molar-refractivity contribution in [1.29, 1.82) is 0 Å². The summed E-state index contributed by atoms with van der Waals surface area (Å²) in [5.74, 6) is -0.744.